The Morgan fingerprint density at radius 3 is 2.00 bits per heavy atom. The number of rotatable bonds is 1. The molecule has 0 fully saturated rings. The van der Waals surface area contributed by atoms with E-state index in [-0.39, 0.29) is 0 Å². The topological polar surface area (TPSA) is 103 Å². The quantitative estimate of drug-likeness (QED) is 0.364. The van der Waals surface area contributed by atoms with E-state index in [1.165, 1.54) is 0 Å². The summed E-state index contributed by atoms with van der Waals surface area (Å²) >= 11 is 0. The average Bonchev–Trinajstić information content (AvgIpc) is 1.80. The van der Waals surface area contributed by atoms with Crippen molar-refractivity contribution in [3.63, 3.8) is 0 Å². The van der Waals surface area contributed by atoms with Crippen LogP contribution in [-0.2, 0) is 0 Å². The van der Waals surface area contributed by atoms with Crippen LogP contribution >= 0.6 is 0 Å². The minimum absolute atomic E-state index is 0.432. The molecular formula is C4H8F3N5. The van der Waals surface area contributed by atoms with Gasteiger partial charge in [0.15, 0.2) is 5.96 Å². The Bertz CT molecular complexity index is 201. The zero-order valence-corrected chi connectivity index (χ0v) is 5.97. The van der Waals surface area contributed by atoms with Gasteiger partial charge in [0.25, 0.3) is 0 Å². The lowest BCUT2D eigenvalue weighted by atomic mass is 10.6. The molecule has 0 saturated heterocycles. The Morgan fingerprint density at radius 1 is 1.17 bits per heavy atom. The van der Waals surface area contributed by atoms with Gasteiger partial charge in [-0.3, -0.25) is 0 Å². The normalized spacial score (nSPS) is 12.8. The van der Waals surface area contributed by atoms with Gasteiger partial charge in [-0.25, -0.2) is 4.99 Å². The predicted molar refractivity (Wildman–Crippen MR) is 38.4 cm³/mol. The third kappa shape index (κ3) is 6.65. The summed E-state index contributed by atoms with van der Waals surface area (Å²) in [6, 6.07) is 0. The van der Waals surface area contributed by atoms with Crippen LogP contribution in [0.3, 0.4) is 0 Å². The molecule has 0 heterocycles. The first-order valence-electron chi connectivity index (χ1n) is 2.77. The number of nitrogens with zero attached hydrogens (tertiary/aromatic N) is 2. The first kappa shape index (κ1) is 10.5. The molecule has 0 spiro atoms. The van der Waals surface area contributed by atoms with Gasteiger partial charge in [-0.15, -0.1) is 0 Å². The maximum atomic E-state index is 11.5. The number of hydrogen-bond donors (Lipinski definition) is 3. The molecule has 0 aliphatic rings. The molecule has 0 aliphatic carbocycles. The second-order valence-corrected chi connectivity index (χ2v) is 1.83. The number of hydrogen-bond acceptors (Lipinski definition) is 1. The Balaban J connectivity index is 4.12. The van der Waals surface area contributed by atoms with Gasteiger partial charge in [0, 0.05) is 0 Å². The maximum absolute atomic E-state index is 11.5. The number of guanidine groups is 2. The average molecular weight is 183 g/mol. The van der Waals surface area contributed by atoms with E-state index in [0.29, 0.717) is 0 Å². The van der Waals surface area contributed by atoms with Crippen LogP contribution in [0, 0.1) is 0 Å². The molecule has 0 aromatic heterocycles. The van der Waals surface area contributed by atoms with Gasteiger partial charge >= 0.3 is 6.18 Å². The van der Waals surface area contributed by atoms with Gasteiger partial charge in [-0.05, 0) is 0 Å². The van der Waals surface area contributed by atoms with Gasteiger partial charge in [-0.1, -0.05) is 0 Å². The molecule has 0 unspecified atom stereocenters. The van der Waals surface area contributed by atoms with E-state index in [9.17, 15) is 13.2 Å². The molecule has 6 N–H and O–H groups in total. The van der Waals surface area contributed by atoms with E-state index in [1.54, 1.807) is 0 Å². The summed E-state index contributed by atoms with van der Waals surface area (Å²) in [6.45, 7) is -1.39. The van der Waals surface area contributed by atoms with Crippen LogP contribution in [0.4, 0.5) is 13.2 Å². The number of halogens is 3. The van der Waals surface area contributed by atoms with E-state index >= 15 is 0 Å². The van der Waals surface area contributed by atoms with Crippen LogP contribution in [0.25, 0.3) is 0 Å². The van der Waals surface area contributed by atoms with Crippen molar-refractivity contribution in [1.29, 1.82) is 0 Å². The molecule has 0 aromatic carbocycles. The summed E-state index contributed by atoms with van der Waals surface area (Å²) in [4.78, 5) is 5.94. The van der Waals surface area contributed by atoms with Gasteiger partial charge in [0.1, 0.15) is 6.54 Å². The number of alkyl halides is 3. The number of nitrogens with two attached hydrogens (primary N) is 3. The van der Waals surface area contributed by atoms with Crippen LogP contribution in [0.5, 0.6) is 0 Å². The van der Waals surface area contributed by atoms with Crippen molar-refractivity contribution in [1.82, 2.24) is 0 Å². The predicted octanol–water partition coefficient (Wildman–Crippen LogP) is -0.863. The molecule has 0 radical (unpaired) electrons. The van der Waals surface area contributed by atoms with Crippen molar-refractivity contribution in [2.24, 2.45) is 27.2 Å². The summed E-state index contributed by atoms with van der Waals surface area (Å²) in [5, 5.41) is 0. The largest absolute Gasteiger partial charge is 0.408 e. The first-order valence-corrected chi connectivity index (χ1v) is 2.77. The molecule has 0 rings (SSSR count). The van der Waals surface area contributed by atoms with Crippen molar-refractivity contribution in [2.75, 3.05) is 6.54 Å². The highest BCUT2D eigenvalue weighted by molar-refractivity contribution is 5.92. The molecule has 70 valence electrons. The van der Waals surface area contributed by atoms with Crippen molar-refractivity contribution in [2.45, 2.75) is 6.18 Å². The van der Waals surface area contributed by atoms with Crippen LogP contribution in [0.2, 0.25) is 0 Å². The highest BCUT2D eigenvalue weighted by atomic mass is 19.4. The fourth-order valence-electron chi connectivity index (χ4n) is 0.338. The summed E-state index contributed by atoms with van der Waals surface area (Å²) in [7, 11) is 0. The molecule has 0 amide bonds. The van der Waals surface area contributed by atoms with Crippen molar-refractivity contribution in [3.8, 4) is 0 Å². The van der Waals surface area contributed by atoms with Crippen molar-refractivity contribution >= 4 is 11.9 Å². The monoisotopic (exact) mass is 183 g/mol. The van der Waals surface area contributed by atoms with Crippen LogP contribution in [0.15, 0.2) is 9.98 Å². The Morgan fingerprint density at radius 2 is 1.67 bits per heavy atom. The van der Waals surface area contributed by atoms with Gasteiger partial charge in [0.05, 0.1) is 0 Å². The molecule has 0 saturated carbocycles. The zero-order valence-electron chi connectivity index (χ0n) is 5.97. The lowest BCUT2D eigenvalue weighted by Gasteiger charge is -2.00. The minimum atomic E-state index is -4.40. The van der Waals surface area contributed by atoms with Crippen molar-refractivity contribution in [3.05, 3.63) is 0 Å². The maximum Gasteiger partial charge on any atom is 0.408 e. The van der Waals surface area contributed by atoms with Crippen LogP contribution in [-0.4, -0.2) is 24.6 Å². The third-order valence-corrected chi connectivity index (χ3v) is 0.664. The summed E-state index contributed by atoms with van der Waals surface area (Å²) in [6.07, 6.45) is -4.40. The van der Waals surface area contributed by atoms with E-state index in [2.05, 4.69) is 9.98 Å². The zero-order chi connectivity index (χ0) is 9.78. The number of aliphatic imine (C=N–C) groups is 2. The third-order valence-electron chi connectivity index (χ3n) is 0.664. The lowest BCUT2D eigenvalue weighted by molar-refractivity contribution is -0.118. The lowest BCUT2D eigenvalue weighted by Crippen LogP contribution is -2.27. The molecular weight excluding hydrogens is 175 g/mol. The highest BCUT2D eigenvalue weighted by Crippen LogP contribution is 2.13. The Labute approximate surface area is 66.1 Å². The molecule has 12 heavy (non-hydrogen) atoms. The second kappa shape index (κ2) is 3.79. The standard InChI is InChI=1S/C4H8F3N5/c5-4(6,7)1-11-3(10)12-2(8)9/h1H2,(H6,8,9,10,11,12). The van der Waals surface area contributed by atoms with E-state index < -0.39 is 24.6 Å². The van der Waals surface area contributed by atoms with E-state index in [1.807, 2.05) is 0 Å². The summed E-state index contributed by atoms with van der Waals surface area (Å²) in [5.74, 6) is -1.02. The van der Waals surface area contributed by atoms with Gasteiger partial charge < -0.3 is 17.2 Å². The van der Waals surface area contributed by atoms with Crippen LogP contribution in [0.1, 0.15) is 0 Å². The Hall–Kier alpha value is -1.47. The molecule has 0 aliphatic heterocycles. The first-order chi connectivity index (χ1) is 5.31. The molecule has 5 nitrogen and oxygen atoms in total. The summed E-state index contributed by atoms with van der Waals surface area (Å²) in [5.41, 5.74) is 14.5. The van der Waals surface area contributed by atoms with Gasteiger partial charge in [0.2, 0.25) is 5.96 Å². The SMILES string of the molecule is NC(N)=NC(N)=NCC(F)(F)F. The molecule has 0 atom stereocenters. The van der Waals surface area contributed by atoms with Gasteiger partial charge in [-0.2, -0.15) is 18.2 Å². The minimum Gasteiger partial charge on any atom is -0.370 e. The van der Waals surface area contributed by atoms with E-state index in [4.69, 9.17) is 17.2 Å². The molecule has 8 heteroatoms. The second-order valence-electron chi connectivity index (χ2n) is 1.83. The smallest absolute Gasteiger partial charge is 0.370 e. The van der Waals surface area contributed by atoms with Crippen LogP contribution < -0.4 is 17.2 Å². The fourth-order valence-corrected chi connectivity index (χ4v) is 0.338. The van der Waals surface area contributed by atoms with Crippen molar-refractivity contribution < 1.29 is 13.2 Å². The Kier molecular flexibility index (Phi) is 3.32. The highest BCUT2D eigenvalue weighted by Gasteiger charge is 2.26. The van der Waals surface area contributed by atoms with E-state index in [0.717, 1.165) is 0 Å². The molecule has 0 aromatic rings. The molecule has 0 bridgehead atoms. The summed E-state index contributed by atoms with van der Waals surface area (Å²) < 4.78 is 34.4. The fraction of sp³-hybridized carbons (Fsp3) is 0.500.